The number of urea groups is 1. The molecule has 3 rings (SSSR count). The van der Waals surface area contributed by atoms with Crippen LogP contribution < -0.4 is 10.1 Å². The maximum absolute atomic E-state index is 12.8. The molecule has 1 saturated carbocycles. The SMILES string of the molecule is COc1ccc(C(=O)C2CCN(C(=O)NC3CCCCC3)CC2)cc1C. The summed E-state index contributed by atoms with van der Waals surface area (Å²) in [6.45, 7) is 3.27. The first-order valence-electron chi connectivity index (χ1n) is 9.83. The van der Waals surface area contributed by atoms with Crippen molar-refractivity contribution in [2.75, 3.05) is 20.2 Å². The fourth-order valence-corrected chi connectivity index (χ4v) is 4.13. The summed E-state index contributed by atoms with van der Waals surface area (Å²) in [5.41, 5.74) is 1.72. The third kappa shape index (κ3) is 4.37. The van der Waals surface area contributed by atoms with Gasteiger partial charge in [0.05, 0.1) is 7.11 Å². The first-order valence-corrected chi connectivity index (χ1v) is 9.83. The summed E-state index contributed by atoms with van der Waals surface area (Å²) in [6.07, 6.45) is 7.37. The van der Waals surface area contributed by atoms with Gasteiger partial charge in [-0.15, -0.1) is 0 Å². The molecule has 2 fully saturated rings. The summed E-state index contributed by atoms with van der Waals surface area (Å²) in [5, 5.41) is 3.17. The number of aryl methyl sites for hydroxylation is 1. The van der Waals surface area contributed by atoms with Gasteiger partial charge in [0.1, 0.15) is 5.75 Å². The van der Waals surface area contributed by atoms with Gasteiger partial charge < -0.3 is 15.0 Å². The zero-order chi connectivity index (χ0) is 18.5. The van der Waals surface area contributed by atoms with E-state index in [1.165, 1.54) is 19.3 Å². The molecule has 5 heteroatoms. The van der Waals surface area contributed by atoms with Crippen molar-refractivity contribution in [2.24, 2.45) is 5.92 Å². The lowest BCUT2D eigenvalue weighted by molar-refractivity contribution is 0.0852. The summed E-state index contributed by atoms with van der Waals surface area (Å²) in [7, 11) is 1.64. The zero-order valence-electron chi connectivity index (χ0n) is 15.9. The topological polar surface area (TPSA) is 58.6 Å². The minimum Gasteiger partial charge on any atom is -0.496 e. The number of methoxy groups -OCH3 is 1. The van der Waals surface area contributed by atoms with Gasteiger partial charge >= 0.3 is 6.03 Å². The lowest BCUT2D eigenvalue weighted by Gasteiger charge is -2.33. The largest absolute Gasteiger partial charge is 0.496 e. The molecule has 0 spiro atoms. The summed E-state index contributed by atoms with van der Waals surface area (Å²) in [5.74, 6) is 0.986. The molecule has 26 heavy (non-hydrogen) atoms. The molecule has 0 unspecified atom stereocenters. The lowest BCUT2D eigenvalue weighted by Crippen LogP contribution is -2.48. The van der Waals surface area contributed by atoms with Gasteiger partial charge in [-0.05, 0) is 56.4 Å². The van der Waals surface area contributed by atoms with E-state index in [0.29, 0.717) is 19.1 Å². The van der Waals surface area contributed by atoms with E-state index in [4.69, 9.17) is 4.74 Å². The normalized spacial score (nSPS) is 19.2. The highest BCUT2D eigenvalue weighted by Gasteiger charge is 2.29. The van der Waals surface area contributed by atoms with Gasteiger partial charge in [-0.25, -0.2) is 4.79 Å². The molecule has 142 valence electrons. The second-order valence-electron chi connectivity index (χ2n) is 7.59. The quantitative estimate of drug-likeness (QED) is 0.830. The average molecular weight is 358 g/mol. The third-order valence-corrected chi connectivity index (χ3v) is 5.77. The Labute approximate surface area is 156 Å². The Morgan fingerprint density at radius 2 is 1.77 bits per heavy atom. The number of rotatable bonds is 4. The molecular weight excluding hydrogens is 328 g/mol. The Balaban J connectivity index is 1.52. The summed E-state index contributed by atoms with van der Waals surface area (Å²) in [6, 6.07) is 5.98. The Hall–Kier alpha value is -2.04. The van der Waals surface area contributed by atoms with Crippen LogP contribution in [0.15, 0.2) is 18.2 Å². The van der Waals surface area contributed by atoms with E-state index >= 15 is 0 Å². The molecule has 0 atom stereocenters. The fraction of sp³-hybridized carbons (Fsp3) is 0.619. The summed E-state index contributed by atoms with van der Waals surface area (Å²) in [4.78, 5) is 27.1. The van der Waals surface area contributed by atoms with Crippen molar-refractivity contribution in [1.82, 2.24) is 10.2 Å². The standard InChI is InChI=1S/C21H30N2O3/c1-15-14-17(8-9-19(15)26-2)20(24)16-10-12-23(13-11-16)21(25)22-18-6-4-3-5-7-18/h8-9,14,16,18H,3-7,10-13H2,1-2H3,(H,22,25). The Kier molecular flexibility index (Phi) is 6.17. The number of Topliss-reactive ketones (excluding diaryl/α,β-unsaturated/α-hetero) is 1. The van der Waals surface area contributed by atoms with E-state index in [1.807, 2.05) is 30.0 Å². The number of nitrogens with one attached hydrogen (secondary N) is 1. The molecular formula is C21H30N2O3. The Bertz CT molecular complexity index is 645. The first kappa shape index (κ1) is 18.7. The monoisotopic (exact) mass is 358 g/mol. The van der Waals surface area contributed by atoms with Crippen molar-refractivity contribution in [3.05, 3.63) is 29.3 Å². The maximum atomic E-state index is 12.8. The molecule has 0 aromatic heterocycles. The van der Waals surface area contributed by atoms with Gasteiger partial charge in [0, 0.05) is 30.6 Å². The molecule has 1 aromatic carbocycles. The second-order valence-corrected chi connectivity index (χ2v) is 7.59. The van der Waals surface area contributed by atoms with Crippen molar-refractivity contribution in [2.45, 2.75) is 57.9 Å². The number of nitrogens with zero attached hydrogens (tertiary/aromatic N) is 1. The van der Waals surface area contributed by atoms with Crippen LogP contribution in [-0.2, 0) is 0 Å². The number of amides is 2. The second kappa shape index (κ2) is 8.56. The minimum atomic E-state index is 0.00141. The van der Waals surface area contributed by atoms with E-state index in [1.54, 1.807) is 7.11 Å². The number of benzene rings is 1. The summed E-state index contributed by atoms with van der Waals surface area (Å²) < 4.78 is 5.27. The molecule has 0 bridgehead atoms. The van der Waals surface area contributed by atoms with Gasteiger partial charge in [-0.1, -0.05) is 19.3 Å². The number of carbonyl (C=O) groups is 2. The van der Waals surface area contributed by atoms with Crippen LogP contribution in [0.2, 0.25) is 0 Å². The van der Waals surface area contributed by atoms with Crippen LogP contribution in [0.3, 0.4) is 0 Å². The van der Waals surface area contributed by atoms with Crippen LogP contribution in [0.25, 0.3) is 0 Å². The predicted molar refractivity (Wildman–Crippen MR) is 102 cm³/mol. The number of hydrogen-bond donors (Lipinski definition) is 1. The fourth-order valence-electron chi connectivity index (χ4n) is 4.13. The first-order chi connectivity index (χ1) is 12.6. The van der Waals surface area contributed by atoms with Crippen LogP contribution in [0, 0.1) is 12.8 Å². The smallest absolute Gasteiger partial charge is 0.317 e. The van der Waals surface area contributed by atoms with Crippen LogP contribution >= 0.6 is 0 Å². The van der Waals surface area contributed by atoms with E-state index in [2.05, 4.69) is 5.32 Å². The lowest BCUT2D eigenvalue weighted by atomic mass is 9.88. The molecule has 1 aromatic rings. The van der Waals surface area contributed by atoms with Crippen molar-refractivity contribution >= 4 is 11.8 Å². The van der Waals surface area contributed by atoms with E-state index in [0.717, 1.165) is 42.6 Å². The van der Waals surface area contributed by atoms with Gasteiger partial charge in [-0.3, -0.25) is 4.79 Å². The Morgan fingerprint density at radius 1 is 1.08 bits per heavy atom. The highest BCUT2D eigenvalue weighted by Crippen LogP contribution is 2.25. The van der Waals surface area contributed by atoms with Crippen molar-refractivity contribution in [1.29, 1.82) is 0 Å². The maximum Gasteiger partial charge on any atom is 0.317 e. The number of carbonyl (C=O) groups excluding carboxylic acids is 2. The van der Waals surface area contributed by atoms with Crippen molar-refractivity contribution in [3.8, 4) is 5.75 Å². The Morgan fingerprint density at radius 3 is 2.38 bits per heavy atom. The summed E-state index contributed by atoms with van der Waals surface area (Å²) >= 11 is 0. The zero-order valence-corrected chi connectivity index (χ0v) is 15.9. The van der Waals surface area contributed by atoms with Crippen molar-refractivity contribution < 1.29 is 14.3 Å². The van der Waals surface area contributed by atoms with Crippen LogP contribution in [0.4, 0.5) is 4.79 Å². The number of ketones is 1. The highest BCUT2D eigenvalue weighted by atomic mass is 16.5. The molecule has 2 amide bonds. The molecule has 0 radical (unpaired) electrons. The molecule has 1 heterocycles. The minimum absolute atomic E-state index is 0.00141. The molecule has 1 N–H and O–H groups in total. The average Bonchev–Trinajstić information content (AvgIpc) is 2.68. The van der Waals surface area contributed by atoms with E-state index in [9.17, 15) is 9.59 Å². The van der Waals surface area contributed by atoms with Gasteiger partial charge in [0.25, 0.3) is 0 Å². The van der Waals surface area contributed by atoms with Crippen molar-refractivity contribution in [3.63, 3.8) is 0 Å². The van der Waals surface area contributed by atoms with Crippen LogP contribution in [0.1, 0.15) is 60.9 Å². The number of likely N-dealkylation sites (tertiary alicyclic amines) is 1. The van der Waals surface area contributed by atoms with Gasteiger partial charge in [-0.2, -0.15) is 0 Å². The number of hydrogen-bond acceptors (Lipinski definition) is 3. The number of piperidine rings is 1. The predicted octanol–water partition coefficient (Wildman–Crippen LogP) is 3.94. The highest BCUT2D eigenvalue weighted by molar-refractivity contribution is 5.98. The molecule has 2 aliphatic rings. The van der Waals surface area contributed by atoms with Crippen LogP contribution in [-0.4, -0.2) is 43.0 Å². The van der Waals surface area contributed by atoms with Crippen LogP contribution in [0.5, 0.6) is 5.75 Å². The molecule has 5 nitrogen and oxygen atoms in total. The van der Waals surface area contributed by atoms with E-state index < -0.39 is 0 Å². The van der Waals surface area contributed by atoms with E-state index in [-0.39, 0.29) is 17.7 Å². The molecule has 1 aliphatic carbocycles. The van der Waals surface area contributed by atoms with Gasteiger partial charge in [0.2, 0.25) is 0 Å². The van der Waals surface area contributed by atoms with Gasteiger partial charge in [0.15, 0.2) is 5.78 Å². The molecule has 1 saturated heterocycles. The molecule has 1 aliphatic heterocycles. The third-order valence-electron chi connectivity index (χ3n) is 5.77. The number of ether oxygens (including phenoxy) is 1.